The number of benzene rings is 2. The van der Waals surface area contributed by atoms with Crippen molar-refractivity contribution in [3.8, 4) is 11.5 Å². The Labute approximate surface area is 130 Å². The standard InChI is InChI=1S/C17H19ClO3/c1-10-6-5-7-12(11(10)2)16(19)13-8-9-14(20-3)17(21-4)15(13)18/h5-9,16,19H,1-4H3. The van der Waals surface area contributed by atoms with Gasteiger partial charge >= 0.3 is 0 Å². The van der Waals surface area contributed by atoms with Gasteiger partial charge in [-0.25, -0.2) is 0 Å². The average molecular weight is 307 g/mol. The van der Waals surface area contributed by atoms with E-state index < -0.39 is 6.10 Å². The van der Waals surface area contributed by atoms with E-state index in [9.17, 15) is 5.11 Å². The summed E-state index contributed by atoms with van der Waals surface area (Å²) < 4.78 is 10.5. The molecule has 1 atom stereocenters. The van der Waals surface area contributed by atoms with Crippen molar-refractivity contribution in [2.24, 2.45) is 0 Å². The second-order valence-corrected chi connectivity index (χ2v) is 5.27. The number of ether oxygens (including phenoxy) is 2. The molecule has 0 fully saturated rings. The van der Waals surface area contributed by atoms with E-state index in [4.69, 9.17) is 21.1 Å². The fraction of sp³-hybridized carbons (Fsp3) is 0.294. The van der Waals surface area contributed by atoms with E-state index >= 15 is 0 Å². The number of hydrogen-bond donors (Lipinski definition) is 1. The smallest absolute Gasteiger partial charge is 0.179 e. The van der Waals surface area contributed by atoms with E-state index in [2.05, 4.69) is 0 Å². The van der Waals surface area contributed by atoms with Crippen molar-refractivity contribution in [1.29, 1.82) is 0 Å². The van der Waals surface area contributed by atoms with Gasteiger partial charge in [0.2, 0.25) is 0 Å². The second-order valence-electron chi connectivity index (χ2n) is 4.90. The predicted molar refractivity (Wildman–Crippen MR) is 84.5 cm³/mol. The molecule has 4 heteroatoms. The summed E-state index contributed by atoms with van der Waals surface area (Å²) in [6, 6.07) is 9.35. The van der Waals surface area contributed by atoms with Gasteiger partial charge in [-0.05, 0) is 36.6 Å². The molecule has 0 aromatic heterocycles. The molecule has 21 heavy (non-hydrogen) atoms. The normalized spacial score (nSPS) is 12.1. The molecular weight excluding hydrogens is 288 g/mol. The van der Waals surface area contributed by atoms with Crippen molar-refractivity contribution in [2.45, 2.75) is 20.0 Å². The lowest BCUT2D eigenvalue weighted by atomic mass is 9.94. The summed E-state index contributed by atoms with van der Waals surface area (Å²) in [6.07, 6.45) is -0.808. The molecule has 1 unspecified atom stereocenters. The van der Waals surface area contributed by atoms with E-state index in [1.807, 2.05) is 32.0 Å². The number of aliphatic hydroxyl groups is 1. The van der Waals surface area contributed by atoms with Crippen molar-refractivity contribution in [2.75, 3.05) is 14.2 Å². The number of aliphatic hydroxyl groups excluding tert-OH is 1. The molecule has 0 saturated carbocycles. The Kier molecular flexibility index (Phi) is 4.76. The van der Waals surface area contributed by atoms with Crippen LogP contribution in [-0.2, 0) is 0 Å². The zero-order valence-electron chi connectivity index (χ0n) is 12.6. The Balaban J connectivity index is 2.54. The summed E-state index contributed by atoms with van der Waals surface area (Å²) in [6.45, 7) is 4.00. The molecular formula is C17H19ClO3. The van der Waals surface area contributed by atoms with Crippen LogP contribution in [0, 0.1) is 13.8 Å². The van der Waals surface area contributed by atoms with Crippen LogP contribution in [0.1, 0.15) is 28.4 Å². The number of methoxy groups -OCH3 is 2. The molecule has 2 aromatic rings. The molecule has 0 radical (unpaired) electrons. The highest BCUT2D eigenvalue weighted by Gasteiger charge is 2.21. The monoisotopic (exact) mass is 306 g/mol. The van der Waals surface area contributed by atoms with Gasteiger partial charge in [0, 0.05) is 5.56 Å². The van der Waals surface area contributed by atoms with Crippen LogP contribution < -0.4 is 9.47 Å². The van der Waals surface area contributed by atoms with Crippen LogP contribution in [0.2, 0.25) is 5.02 Å². The minimum Gasteiger partial charge on any atom is -0.493 e. The van der Waals surface area contributed by atoms with Crippen LogP contribution in [0.5, 0.6) is 11.5 Å². The molecule has 2 aromatic carbocycles. The highest BCUT2D eigenvalue weighted by molar-refractivity contribution is 6.33. The summed E-state index contributed by atoms with van der Waals surface area (Å²) in [5.74, 6) is 0.973. The van der Waals surface area contributed by atoms with Crippen LogP contribution in [0.3, 0.4) is 0 Å². The van der Waals surface area contributed by atoms with Crippen molar-refractivity contribution >= 4 is 11.6 Å². The van der Waals surface area contributed by atoms with Gasteiger partial charge in [-0.3, -0.25) is 0 Å². The summed E-state index contributed by atoms with van der Waals surface area (Å²) in [4.78, 5) is 0. The zero-order chi connectivity index (χ0) is 15.6. The van der Waals surface area contributed by atoms with Gasteiger partial charge in [0.1, 0.15) is 6.10 Å². The first-order chi connectivity index (χ1) is 10.0. The third-order valence-electron chi connectivity index (χ3n) is 3.75. The van der Waals surface area contributed by atoms with Crippen LogP contribution in [0.15, 0.2) is 30.3 Å². The molecule has 0 bridgehead atoms. The van der Waals surface area contributed by atoms with Crippen LogP contribution in [0.4, 0.5) is 0 Å². The molecule has 0 aliphatic rings. The molecule has 2 rings (SSSR count). The molecule has 112 valence electrons. The molecule has 0 heterocycles. The van der Waals surface area contributed by atoms with Crippen LogP contribution in [0.25, 0.3) is 0 Å². The maximum atomic E-state index is 10.7. The molecule has 0 saturated heterocycles. The van der Waals surface area contributed by atoms with Crippen molar-refractivity contribution < 1.29 is 14.6 Å². The summed E-state index contributed by atoms with van der Waals surface area (Å²) >= 11 is 6.36. The van der Waals surface area contributed by atoms with Crippen molar-refractivity contribution in [3.63, 3.8) is 0 Å². The van der Waals surface area contributed by atoms with Crippen LogP contribution in [-0.4, -0.2) is 19.3 Å². The molecule has 0 aliphatic heterocycles. The van der Waals surface area contributed by atoms with E-state index in [-0.39, 0.29) is 0 Å². The average Bonchev–Trinajstić information content (AvgIpc) is 2.49. The third kappa shape index (κ3) is 2.85. The highest BCUT2D eigenvalue weighted by atomic mass is 35.5. The Bertz CT molecular complexity index is 653. The van der Waals surface area contributed by atoms with Gasteiger partial charge in [-0.15, -0.1) is 0 Å². The minimum absolute atomic E-state index is 0.366. The summed E-state index contributed by atoms with van der Waals surface area (Å²) in [7, 11) is 3.08. The maximum Gasteiger partial charge on any atom is 0.179 e. The van der Waals surface area contributed by atoms with Crippen molar-refractivity contribution in [1.82, 2.24) is 0 Å². The number of halogens is 1. The first-order valence-electron chi connectivity index (χ1n) is 6.65. The number of rotatable bonds is 4. The highest BCUT2D eigenvalue weighted by Crippen LogP contribution is 2.41. The van der Waals surface area contributed by atoms with E-state index in [0.717, 1.165) is 16.7 Å². The molecule has 0 spiro atoms. The minimum atomic E-state index is -0.808. The fourth-order valence-electron chi connectivity index (χ4n) is 2.35. The Morgan fingerprint density at radius 2 is 1.71 bits per heavy atom. The van der Waals surface area contributed by atoms with Gasteiger partial charge in [-0.2, -0.15) is 0 Å². The summed E-state index contributed by atoms with van der Waals surface area (Å²) in [5, 5.41) is 11.0. The zero-order valence-corrected chi connectivity index (χ0v) is 13.4. The van der Waals surface area contributed by atoms with Gasteiger partial charge in [0.05, 0.1) is 19.2 Å². The predicted octanol–water partition coefficient (Wildman–Crippen LogP) is 4.06. The van der Waals surface area contributed by atoms with E-state index in [1.165, 1.54) is 7.11 Å². The molecule has 0 amide bonds. The van der Waals surface area contributed by atoms with Gasteiger partial charge in [0.15, 0.2) is 11.5 Å². The van der Waals surface area contributed by atoms with Gasteiger partial charge in [-0.1, -0.05) is 35.9 Å². The van der Waals surface area contributed by atoms with Gasteiger partial charge in [0.25, 0.3) is 0 Å². The maximum absolute atomic E-state index is 10.7. The topological polar surface area (TPSA) is 38.7 Å². The Hall–Kier alpha value is -1.71. The van der Waals surface area contributed by atoms with E-state index in [0.29, 0.717) is 22.1 Å². The first-order valence-corrected chi connectivity index (χ1v) is 7.03. The fourth-order valence-corrected chi connectivity index (χ4v) is 2.69. The van der Waals surface area contributed by atoms with Crippen LogP contribution >= 0.6 is 11.6 Å². The Morgan fingerprint density at radius 1 is 1.00 bits per heavy atom. The lowest BCUT2D eigenvalue weighted by Crippen LogP contribution is -2.05. The molecule has 0 aliphatic carbocycles. The van der Waals surface area contributed by atoms with E-state index in [1.54, 1.807) is 19.2 Å². The second kappa shape index (κ2) is 6.37. The number of aryl methyl sites for hydroxylation is 1. The first kappa shape index (κ1) is 15.7. The lowest BCUT2D eigenvalue weighted by Gasteiger charge is -2.19. The SMILES string of the molecule is COc1ccc(C(O)c2cccc(C)c2C)c(Cl)c1OC. The molecule has 3 nitrogen and oxygen atoms in total. The van der Waals surface area contributed by atoms with Crippen molar-refractivity contribution in [3.05, 3.63) is 57.6 Å². The van der Waals surface area contributed by atoms with Gasteiger partial charge < -0.3 is 14.6 Å². The largest absolute Gasteiger partial charge is 0.493 e. The third-order valence-corrected chi connectivity index (χ3v) is 4.14. The lowest BCUT2D eigenvalue weighted by molar-refractivity contribution is 0.218. The number of hydrogen-bond acceptors (Lipinski definition) is 3. The molecule has 1 N–H and O–H groups in total. The summed E-state index contributed by atoms with van der Waals surface area (Å²) in [5.41, 5.74) is 3.62. The quantitative estimate of drug-likeness (QED) is 0.926. The Morgan fingerprint density at radius 3 is 2.33 bits per heavy atom.